The number of benzene rings is 1. The number of imide groups is 1. The molecule has 1 aromatic carbocycles. The van der Waals surface area contributed by atoms with E-state index < -0.39 is 17.5 Å². The van der Waals surface area contributed by atoms with Gasteiger partial charge in [-0.15, -0.1) is 0 Å². The smallest absolute Gasteiger partial charge is 0.325 e. The molecule has 0 saturated carbocycles. The van der Waals surface area contributed by atoms with Gasteiger partial charge >= 0.3 is 6.03 Å². The third-order valence-corrected chi connectivity index (χ3v) is 4.03. The van der Waals surface area contributed by atoms with E-state index in [2.05, 4.69) is 17.6 Å². The maximum Gasteiger partial charge on any atom is 0.325 e. The molecule has 6 heteroatoms. The topological polar surface area (TPSA) is 78.5 Å². The van der Waals surface area contributed by atoms with Gasteiger partial charge in [-0.3, -0.25) is 14.5 Å². The fourth-order valence-corrected chi connectivity index (χ4v) is 2.61. The van der Waals surface area contributed by atoms with E-state index in [0.717, 1.165) is 24.2 Å². The second kappa shape index (κ2) is 7.26. The molecule has 1 aromatic rings. The van der Waals surface area contributed by atoms with Crippen molar-refractivity contribution in [2.75, 3.05) is 13.1 Å². The Morgan fingerprint density at radius 2 is 1.91 bits per heavy atom. The monoisotopic (exact) mass is 317 g/mol. The van der Waals surface area contributed by atoms with Crippen LogP contribution in [0.15, 0.2) is 30.3 Å². The van der Waals surface area contributed by atoms with E-state index in [4.69, 9.17) is 0 Å². The highest BCUT2D eigenvalue weighted by atomic mass is 16.2. The van der Waals surface area contributed by atoms with Gasteiger partial charge in [0.1, 0.15) is 12.1 Å². The number of carbonyl (C=O) groups excluding carboxylic acids is 3. The zero-order chi connectivity index (χ0) is 16.9. The molecule has 0 bridgehead atoms. The molecule has 1 fully saturated rings. The summed E-state index contributed by atoms with van der Waals surface area (Å²) < 4.78 is 0. The molecule has 1 aliphatic heterocycles. The summed E-state index contributed by atoms with van der Waals surface area (Å²) in [6, 6.07) is 8.49. The number of unbranched alkanes of at least 4 members (excludes halogenated alkanes) is 2. The van der Waals surface area contributed by atoms with Gasteiger partial charge < -0.3 is 10.6 Å². The first-order chi connectivity index (χ1) is 11.0. The van der Waals surface area contributed by atoms with E-state index in [-0.39, 0.29) is 12.5 Å². The number of amides is 4. The Bertz CT molecular complexity index is 588. The van der Waals surface area contributed by atoms with Gasteiger partial charge in [0.15, 0.2) is 0 Å². The molecule has 1 atom stereocenters. The van der Waals surface area contributed by atoms with Crippen molar-refractivity contribution < 1.29 is 14.4 Å². The normalized spacial score (nSPS) is 20.5. The van der Waals surface area contributed by atoms with E-state index in [0.29, 0.717) is 12.1 Å². The van der Waals surface area contributed by atoms with Crippen molar-refractivity contribution in [3.05, 3.63) is 35.9 Å². The largest absolute Gasteiger partial charge is 0.355 e. The van der Waals surface area contributed by atoms with Crippen LogP contribution in [0.3, 0.4) is 0 Å². The average molecular weight is 317 g/mol. The fraction of sp³-hybridized carbons (Fsp3) is 0.471. The summed E-state index contributed by atoms with van der Waals surface area (Å²) in [6.07, 6.45) is 3.00. The standard InChI is InChI=1S/C17H23N3O3/c1-3-4-8-11-18-14(21)12-20-15(22)17(2,19-16(20)23)13-9-6-5-7-10-13/h5-7,9-10H,3-4,8,11-12H2,1-2H3,(H,18,21)(H,19,23)/t17-/m1/s1. The molecule has 6 nitrogen and oxygen atoms in total. The minimum absolute atomic E-state index is 0.251. The SMILES string of the molecule is CCCCCNC(=O)CN1C(=O)N[C@](C)(c2ccccc2)C1=O. The molecule has 2 rings (SSSR count). The summed E-state index contributed by atoms with van der Waals surface area (Å²) in [6.45, 7) is 4.05. The van der Waals surface area contributed by atoms with E-state index in [1.165, 1.54) is 0 Å². The van der Waals surface area contributed by atoms with Crippen LogP contribution < -0.4 is 10.6 Å². The van der Waals surface area contributed by atoms with Gasteiger partial charge in [-0.05, 0) is 18.9 Å². The molecular formula is C17H23N3O3. The van der Waals surface area contributed by atoms with Gasteiger partial charge in [0.2, 0.25) is 5.91 Å². The van der Waals surface area contributed by atoms with Crippen molar-refractivity contribution in [3.8, 4) is 0 Å². The molecule has 0 radical (unpaired) electrons. The third kappa shape index (κ3) is 3.70. The summed E-state index contributed by atoms with van der Waals surface area (Å²) in [5, 5.41) is 5.43. The first-order valence-electron chi connectivity index (χ1n) is 7.95. The predicted octanol–water partition coefficient (Wildman–Crippen LogP) is 1.76. The fourth-order valence-electron chi connectivity index (χ4n) is 2.61. The van der Waals surface area contributed by atoms with Gasteiger partial charge in [0.05, 0.1) is 0 Å². The van der Waals surface area contributed by atoms with Crippen molar-refractivity contribution in [2.45, 2.75) is 38.6 Å². The number of nitrogens with zero attached hydrogens (tertiary/aromatic N) is 1. The zero-order valence-electron chi connectivity index (χ0n) is 13.6. The molecule has 1 heterocycles. The van der Waals surface area contributed by atoms with Crippen molar-refractivity contribution >= 4 is 17.8 Å². The molecule has 4 amide bonds. The van der Waals surface area contributed by atoms with Crippen molar-refractivity contribution in [1.82, 2.24) is 15.5 Å². The van der Waals surface area contributed by atoms with E-state index in [1.807, 2.05) is 18.2 Å². The van der Waals surface area contributed by atoms with Crippen LogP contribution in [-0.4, -0.2) is 35.8 Å². The third-order valence-electron chi connectivity index (χ3n) is 4.03. The molecule has 0 aliphatic carbocycles. The van der Waals surface area contributed by atoms with Crippen molar-refractivity contribution in [1.29, 1.82) is 0 Å². The van der Waals surface area contributed by atoms with Crippen LogP contribution in [0.25, 0.3) is 0 Å². The Kier molecular flexibility index (Phi) is 5.36. The Balaban J connectivity index is 2.00. The number of rotatable bonds is 7. The van der Waals surface area contributed by atoms with E-state index in [1.54, 1.807) is 19.1 Å². The average Bonchev–Trinajstić information content (AvgIpc) is 2.77. The van der Waals surface area contributed by atoms with Gasteiger partial charge in [-0.1, -0.05) is 50.1 Å². The second-order valence-corrected chi connectivity index (χ2v) is 5.87. The lowest BCUT2D eigenvalue weighted by Crippen LogP contribution is -2.43. The second-order valence-electron chi connectivity index (χ2n) is 5.87. The maximum absolute atomic E-state index is 12.6. The molecule has 0 unspecified atom stereocenters. The van der Waals surface area contributed by atoms with E-state index >= 15 is 0 Å². The quantitative estimate of drug-likeness (QED) is 0.594. The summed E-state index contributed by atoms with van der Waals surface area (Å²) in [5.41, 5.74) is -0.426. The summed E-state index contributed by atoms with van der Waals surface area (Å²) in [5.74, 6) is -0.723. The molecule has 1 saturated heterocycles. The van der Waals surface area contributed by atoms with Crippen LogP contribution in [0.1, 0.15) is 38.7 Å². The molecule has 2 N–H and O–H groups in total. The Morgan fingerprint density at radius 3 is 2.57 bits per heavy atom. The highest BCUT2D eigenvalue weighted by Gasteiger charge is 2.49. The van der Waals surface area contributed by atoms with Gasteiger partial charge in [-0.25, -0.2) is 4.79 Å². The van der Waals surface area contributed by atoms with Gasteiger partial charge in [0, 0.05) is 6.54 Å². The van der Waals surface area contributed by atoms with Crippen LogP contribution in [-0.2, 0) is 15.1 Å². The minimum atomic E-state index is -1.12. The number of urea groups is 1. The van der Waals surface area contributed by atoms with Gasteiger partial charge in [-0.2, -0.15) is 0 Å². The summed E-state index contributed by atoms with van der Waals surface area (Å²) in [4.78, 5) is 37.6. The molecule has 1 aliphatic rings. The Hall–Kier alpha value is -2.37. The minimum Gasteiger partial charge on any atom is -0.355 e. The van der Waals surface area contributed by atoms with Crippen LogP contribution in [0.4, 0.5) is 4.79 Å². The first-order valence-corrected chi connectivity index (χ1v) is 7.95. The molecule has 124 valence electrons. The lowest BCUT2D eigenvalue weighted by atomic mass is 9.92. The maximum atomic E-state index is 12.6. The molecule has 0 spiro atoms. The van der Waals surface area contributed by atoms with Crippen molar-refractivity contribution in [2.24, 2.45) is 0 Å². The zero-order valence-corrected chi connectivity index (χ0v) is 13.6. The lowest BCUT2D eigenvalue weighted by molar-refractivity contribution is -0.134. The number of hydrogen-bond donors (Lipinski definition) is 2. The van der Waals surface area contributed by atoms with E-state index in [9.17, 15) is 14.4 Å². The molecular weight excluding hydrogens is 294 g/mol. The number of carbonyl (C=O) groups is 3. The molecule has 0 aromatic heterocycles. The predicted molar refractivity (Wildman–Crippen MR) is 86.6 cm³/mol. The van der Waals surface area contributed by atoms with Crippen LogP contribution >= 0.6 is 0 Å². The summed E-state index contributed by atoms with van der Waals surface area (Å²) in [7, 11) is 0. The highest BCUT2D eigenvalue weighted by Crippen LogP contribution is 2.28. The Morgan fingerprint density at radius 1 is 1.22 bits per heavy atom. The molecule has 23 heavy (non-hydrogen) atoms. The van der Waals surface area contributed by atoms with Crippen molar-refractivity contribution in [3.63, 3.8) is 0 Å². The lowest BCUT2D eigenvalue weighted by Gasteiger charge is -2.22. The number of hydrogen-bond acceptors (Lipinski definition) is 3. The highest BCUT2D eigenvalue weighted by molar-refractivity contribution is 6.09. The van der Waals surface area contributed by atoms with Gasteiger partial charge in [0.25, 0.3) is 5.91 Å². The number of nitrogens with one attached hydrogen (secondary N) is 2. The van der Waals surface area contributed by atoms with Crippen LogP contribution in [0.2, 0.25) is 0 Å². The first kappa shape index (κ1) is 17.0. The van der Waals surface area contributed by atoms with Crippen LogP contribution in [0.5, 0.6) is 0 Å². The Labute approximate surface area is 136 Å². The summed E-state index contributed by atoms with van der Waals surface area (Å²) >= 11 is 0. The van der Waals surface area contributed by atoms with Crippen LogP contribution in [0, 0.1) is 0 Å².